The summed E-state index contributed by atoms with van der Waals surface area (Å²) in [6.07, 6.45) is 5.15. The number of para-hydroxylation sites is 1. The van der Waals surface area contributed by atoms with Crippen molar-refractivity contribution in [1.82, 2.24) is 4.90 Å². The van der Waals surface area contributed by atoms with Crippen LogP contribution in [0.1, 0.15) is 38.2 Å². The van der Waals surface area contributed by atoms with Crippen molar-refractivity contribution < 1.29 is 9.53 Å². The van der Waals surface area contributed by atoms with Crippen molar-refractivity contribution in [2.24, 2.45) is 5.73 Å². The van der Waals surface area contributed by atoms with Crippen molar-refractivity contribution >= 4 is 5.91 Å². The summed E-state index contributed by atoms with van der Waals surface area (Å²) in [6.45, 7) is 3.93. The molecule has 1 saturated heterocycles. The highest BCUT2D eigenvalue weighted by molar-refractivity contribution is 5.77. The molecule has 116 valence electrons. The first-order valence-electron chi connectivity index (χ1n) is 7.94. The van der Waals surface area contributed by atoms with Crippen LogP contribution in [0.5, 0.6) is 5.75 Å². The minimum atomic E-state index is 0.0873. The van der Waals surface area contributed by atoms with Gasteiger partial charge in [-0.2, -0.15) is 0 Å². The quantitative estimate of drug-likeness (QED) is 0.875. The van der Waals surface area contributed by atoms with Crippen molar-refractivity contribution in [2.75, 3.05) is 19.7 Å². The van der Waals surface area contributed by atoms with E-state index in [9.17, 15) is 4.79 Å². The van der Waals surface area contributed by atoms with E-state index in [0.717, 1.165) is 50.1 Å². The number of hydrogen-bond acceptors (Lipinski definition) is 3. The molecule has 1 unspecified atom stereocenters. The van der Waals surface area contributed by atoms with Gasteiger partial charge in [0, 0.05) is 19.1 Å². The highest BCUT2D eigenvalue weighted by atomic mass is 16.5. The van der Waals surface area contributed by atoms with Gasteiger partial charge in [-0.3, -0.25) is 4.79 Å². The fourth-order valence-corrected chi connectivity index (χ4v) is 2.61. The first kappa shape index (κ1) is 15.8. The number of carbonyl (C=O) groups is 1. The average molecular weight is 290 g/mol. The van der Waals surface area contributed by atoms with Gasteiger partial charge >= 0.3 is 0 Å². The second-order valence-corrected chi connectivity index (χ2v) is 5.71. The van der Waals surface area contributed by atoms with E-state index in [1.807, 2.05) is 29.2 Å². The van der Waals surface area contributed by atoms with E-state index in [-0.39, 0.29) is 18.6 Å². The van der Waals surface area contributed by atoms with Gasteiger partial charge in [0.1, 0.15) is 5.75 Å². The molecule has 1 fully saturated rings. The minimum absolute atomic E-state index is 0.0873. The predicted octanol–water partition coefficient (Wildman–Crippen LogP) is 2.36. The Hall–Kier alpha value is -1.55. The second-order valence-electron chi connectivity index (χ2n) is 5.71. The Bertz CT molecular complexity index is 456. The van der Waals surface area contributed by atoms with Gasteiger partial charge in [-0.15, -0.1) is 0 Å². The van der Waals surface area contributed by atoms with Crippen LogP contribution in [-0.4, -0.2) is 36.5 Å². The van der Waals surface area contributed by atoms with Gasteiger partial charge in [0.05, 0.1) is 0 Å². The van der Waals surface area contributed by atoms with Crippen LogP contribution < -0.4 is 10.5 Å². The number of carbonyl (C=O) groups excluding carboxylic acids is 1. The average Bonchev–Trinajstić information content (AvgIpc) is 2.54. The molecule has 1 atom stereocenters. The maximum absolute atomic E-state index is 12.1. The molecule has 1 aliphatic rings. The lowest BCUT2D eigenvalue weighted by atomic mass is 10.0. The summed E-state index contributed by atoms with van der Waals surface area (Å²) in [7, 11) is 0. The number of hydrogen-bond donors (Lipinski definition) is 1. The monoisotopic (exact) mass is 290 g/mol. The van der Waals surface area contributed by atoms with E-state index in [4.69, 9.17) is 10.5 Å². The van der Waals surface area contributed by atoms with E-state index in [1.54, 1.807) is 0 Å². The summed E-state index contributed by atoms with van der Waals surface area (Å²) in [6, 6.07) is 7.99. The third-order valence-corrected chi connectivity index (χ3v) is 4.04. The van der Waals surface area contributed by atoms with Crippen LogP contribution in [0.4, 0.5) is 0 Å². The van der Waals surface area contributed by atoms with Crippen LogP contribution >= 0.6 is 0 Å². The zero-order chi connectivity index (χ0) is 15.1. The molecule has 0 spiro atoms. The van der Waals surface area contributed by atoms with Crippen molar-refractivity contribution in [3.05, 3.63) is 29.8 Å². The summed E-state index contributed by atoms with van der Waals surface area (Å²) < 4.78 is 5.75. The number of amides is 1. The highest BCUT2D eigenvalue weighted by Crippen LogP contribution is 2.20. The fraction of sp³-hybridized carbons (Fsp3) is 0.588. The molecule has 4 heteroatoms. The predicted molar refractivity (Wildman–Crippen MR) is 84.3 cm³/mol. The molecule has 0 saturated carbocycles. The lowest BCUT2D eigenvalue weighted by molar-refractivity contribution is -0.134. The Labute approximate surface area is 127 Å². The third kappa shape index (κ3) is 4.74. The number of likely N-dealkylation sites (tertiary alicyclic amines) is 1. The molecule has 0 aromatic heterocycles. The molecule has 1 amide bonds. The molecule has 1 aliphatic heterocycles. The highest BCUT2D eigenvalue weighted by Gasteiger charge is 2.17. The van der Waals surface area contributed by atoms with Gasteiger partial charge in [0.2, 0.25) is 0 Å². The van der Waals surface area contributed by atoms with Crippen molar-refractivity contribution in [3.8, 4) is 5.75 Å². The fourth-order valence-electron chi connectivity index (χ4n) is 2.61. The Balaban J connectivity index is 1.91. The molecular weight excluding hydrogens is 264 g/mol. The number of benzene rings is 1. The van der Waals surface area contributed by atoms with E-state index in [0.29, 0.717) is 0 Å². The lowest BCUT2D eigenvalue weighted by Gasteiger charge is -2.26. The Morgan fingerprint density at radius 1 is 1.29 bits per heavy atom. The molecule has 0 aliphatic carbocycles. The Kier molecular flexibility index (Phi) is 6.05. The van der Waals surface area contributed by atoms with Crippen LogP contribution in [0.15, 0.2) is 24.3 Å². The topological polar surface area (TPSA) is 55.6 Å². The third-order valence-electron chi connectivity index (χ3n) is 4.04. The van der Waals surface area contributed by atoms with Crippen LogP contribution in [-0.2, 0) is 11.2 Å². The summed E-state index contributed by atoms with van der Waals surface area (Å²) in [4.78, 5) is 14.0. The lowest BCUT2D eigenvalue weighted by Crippen LogP contribution is -2.38. The zero-order valence-corrected chi connectivity index (χ0v) is 12.9. The van der Waals surface area contributed by atoms with Gasteiger partial charge in [0.15, 0.2) is 6.61 Å². The first-order valence-corrected chi connectivity index (χ1v) is 7.94. The number of nitrogens with two attached hydrogens (primary N) is 1. The summed E-state index contributed by atoms with van der Waals surface area (Å²) >= 11 is 0. The smallest absolute Gasteiger partial charge is 0.260 e. The SMILES string of the molecule is CCC(N)Cc1ccccc1OCC(=O)N1CCCCC1. The maximum atomic E-state index is 12.1. The Morgan fingerprint density at radius 2 is 2.00 bits per heavy atom. The molecule has 0 bridgehead atoms. The number of ether oxygens (including phenoxy) is 1. The maximum Gasteiger partial charge on any atom is 0.260 e. The molecule has 1 aromatic rings. The number of nitrogens with zero attached hydrogens (tertiary/aromatic N) is 1. The van der Waals surface area contributed by atoms with Crippen LogP contribution in [0.25, 0.3) is 0 Å². The van der Waals surface area contributed by atoms with Crippen LogP contribution in [0.3, 0.4) is 0 Å². The van der Waals surface area contributed by atoms with E-state index < -0.39 is 0 Å². The first-order chi connectivity index (χ1) is 10.2. The molecule has 1 heterocycles. The van der Waals surface area contributed by atoms with Crippen molar-refractivity contribution in [1.29, 1.82) is 0 Å². The summed E-state index contributed by atoms with van der Waals surface area (Å²) in [5.41, 5.74) is 7.10. The largest absolute Gasteiger partial charge is 0.483 e. The molecule has 4 nitrogen and oxygen atoms in total. The second kappa shape index (κ2) is 8.03. The molecule has 1 aromatic carbocycles. The minimum Gasteiger partial charge on any atom is -0.483 e. The molecule has 2 rings (SSSR count). The standard InChI is InChI=1S/C17H26N2O2/c1-2-15(18)12-14-8-4-5-9-16(14)21-13-17(20)19-10-6-3-7-11-19/h4-5,8-9,15H,2-3,6-7,10-13,18H2,1H3. The molecule has 21 heavy (non-hydrogen) atoms. The van der Waals surface area contributed by atoms with Gasteiger partial charge in [-0.05, 0) is 43.7 Å². The van der Waals surface area contributed by atoms with E-state index in [1.165, 1.54) is 6.42 Å². The van der Waals surface area contributed by atoms with Crippen molar-refractivity contribution in [2.45, 2.75) is 45.1 Å². The van der Waals surface area contributed by atoms with Crippen molar-refractivity contribution in [3.63, 3.8) is 0 Å². The van der Waals surface area contributed by atoms with E-state index >= 15 is 0 Å². The van der Waals surface area contributed by atoms with Crippen LogP contribution in [0.2, 0.25) is 0 Å². The summed E-state index contributed by atoms with van der Waals surface area (Å²) in [5, 5.41) is 0. The molecular formula is C17H26N2O2. The van der Waals surface area contributed by atoms with Gasteiger partial charge in [-0.1, -0.05) is 25.1 Å². The number of rotatable bonds is 6. The molecule has 0 radical (unpaired) electrons. The summed E-state index contributed by atoms with van der Waals surface area (Å²) in [5.74, 6) is 0.871. The Morgan fingerprint density at radius 3 is 2.71 bits per heavy atom. The van der Waals surface area contributed by atoms with E-state index in [2.05, 4.69) is 6.92 Å². The van der Waals surface area contributed by atoms with Gasteiger partial charge in [-0.25, -0.2) is 0 Å². The normalized spacial score (nSPS) is 16.6. The van der Waals surface area contributed by atoms with Crippen LogP contribution in [0, 0.1) is 0 Å². The molecule has 2 N–H and O–H groups in total. The number of piperidine rings is 1. The van der Waals surface area contributed by atoms with Gasteiger partial charge < -0.3 is 15.4 Å². The van der Waals surface area contributed by atoms with Gasteiger partial charge in [0.25, 0.3) is 5.91 Å². The zero-order valence-electron chi connectivity index (χ0n) is 12.9.